The van der Waals surface area contributed by atoms with Crippen molar-refractivity contribution in [3.05, 3.63) is 0 Å². The van der Waals surface area contributed by atoms with Gasteiger partial charge < -0.3 is 0 Å². The molecule has 14 heavy (non-hydrogen) atoms. The van der Waals surface area contributed by atoms with Gasteiger partial charge in [-0.3, -0.25) is 9.69 Å². The Labute approximate surface area is 87.7 Å². The molecule has 0 unspecified atom stereocenters. The molecule has 1 aliphatic carbocycles. The first-order chi connectivity index (χ1) is 6.50. The Hall–Kier alpha value is -0.370. The van der Waals surface area contributed by atoms with E-state index in [1.807, 2.05) is 13.8 Å². The van der Waals surface area contributed by atoms with Gasteiger partial charge in [-0.25, -0.2) is 0 Å². The molecule has 0 N–H and O–H groups in total. The first kappa shape index (κ1) is 11.7. The lowest BCUT2D eigenvalue weighted by molar-refractivity contribution is -0.123. The summed E-state index contributed by atoms with van der Waals surface area (Å²) < 4.78 is 0. The lowest BCUT2D eigenvalue weighted by Gasteiger charge is -2.23. The lowest BCUT2D eigenvalue weighted by Crippen LogP contribution is -2.36. The standard InChI is InChI=1S/C12H23NO/c1-9(2)7-13(11-5-6-11)8-12(14)10(3)4/h9-11H,5-8H2,1-4H3. The molecule has 1 saturated carbocycles. The lowest BCUT2D eigenvalue weighted by atomic mass is 10.1. The van der Waals surface area contributed by atoms with Crippen LogP contribution < -0.4 is 0 Å². The number of ketones is 1. The second-order valence-corrected chi connectivity index (χ2v) is 5.18. The van der Waals surface area contributed by atoms with Gasteiger partial charge in [-0.1, -0.05) is 27.7 Å². The maximum atomic E-state index is 11.6. The molecule has 0 aliphatic heterocycles. The van der Waals surface area contributed by atoms with Gasteiger partial charge in [-0.2, -0.15) is 0 Å². The van der Waals surface area contributed by atoms with Crippen molar-refractivity contribution in [2.45, 2.75) is 46.6 Å². The minimum Gasteiger partial charge on any atom is -0.298 e. The van der Waals surface area contributed by atoms with Gasteiger partial charge in [0.15, 0.2) is 0 Å². The molecule has 0 bridgehead atoms. The molecule has 1 fully saturated rings. The van der Waals surface area contributed by atoms with Crippen LogP contribution in [0, 0.1) is 11.8 Å². The van der Waals surface area contributed by atoms with Crippen LogP contribution in [0.3, 0.4) is 0 Å². The zero-order valence-electron chi connectivity index (χ0n) is 9.92. The smallest absolute Gasteiger partial charge is 0.149 e. The first-order valence-corrected chi connectivity index (χ1v) is 5.77. The number of rotatable bonds is 6. The molecule has 1 rings (SSSR count). The van der Waals surface area contributed by atoms with Gasteiger partial charge in [-0.15, -0.1) is 0 Å². The third kappa shape index (κ3) is 3.79. The number of carbonyl (C=O) groups excluding carboxylic acids is 1. The third-order valence-electron chi connectivity index (χ3n) is 2.67. The summed E-state index contributed by atoms with van der Waals surface area (Å²) in [4.78, 5) is 14.0. The van der Waals surface area contributed by atoms with E-state index in [1.54, 1.807) is 0 Å². The van der Waals surface area contributed by atoms with Crippen LogP contribution in [0.4, 0.5) is 0 Å². The predicted octanol–water partition coefficient (Wildman–Crippen LogP) is 2.33. The van der Waals surface area contributed by atoms with Gasteiger partial charge >= 0.3 is 0 Å². The molecular weight excluding hydrogens is 174 g/mol. The fraction of sp³-hybridized carbons (Fsp3) is 0.917. The summed E-state index contributed by atoms with van der Waals surface area (Å²) in [6, 6.07) is 0.708. The largest absolute Gasteiger partial charge is 0.298 e. The van der Waals surface area contributed by atoms with Crippen LogP contribution in [-0.4, -0.2) is 29.8 Å². The molecular formula is C12H23NO. The van der Waals surface area contributed by atoms with Crippen molar-refractivity contribution in [2.75, 3.05) is 13.1 Å². The van der Waals surface area contributed by atoms with Crippen molar-refractivity contribution in [3.8, 4) is 0 Å². The summed E-state index contributed by atoms with van der Waals surface area (Å²) >= 11 is 0. The molecule has 0 atom stereocenters. The molecule has 0 aromatic heterocycles. The average Bonchev–Trinajstić information content (AvgIpc) is 2.83. The molecule has 1 aliphatic rings. The van der Waals surface area contributed by atoms with Gasteiger partial charge in [0.25, 0.3) is 0 Å². The predicted molar refractivity (Wildman–Crippen MR) is 59.3 cm³/mol. The number of carbonyl (C=O) groups is 1. The van der Waals surface area contributed by atoms with Crippen LogP contribution in [0.25, 0.3) is 0 Å². The van der Waals surface area contributed by atoms with E-state index in [0.717, 1.165) is 6.54 Å². The zero-order valence-corrected chi connectivity index (χ0v) is 9.92. The summed E-state index contributed by atoms with van der Waals surface area (Å²) in [5.74, 6) is 1.23. The third-order valence-corrected chi connectivity index (χ3v) is 2.67. The fourth-order valence-corrected chi connectivity index (χ4v) is 1.63. The summed E-state index contributed by atoms with van der Waals surface area (Å²) in [5.41, 5.74) is 0. The molecule has 0 amide bonds. The Morgan fingerprint density at radius 1 is 1.29 bits per heavy atom. The van der Waals surface area contributed by atoms with E-state index in [1.165, 1.54) is 12.8 Å². The normalized spacial score (nSPS) is 17.1. The van der Waals surface area contributed by atoms with Crippen molar-refractivity contribution < 1.29 is 4.79 Å². The Morgan fingerprint density at radius 2 is 1.86 bits per heavy atom. The number of nitrogens with zero attached hydrogens (tertiary/aromatic N) is 1. The van der Waals surface area contributed by atoms with E-state index in [9.17, 15) is 4.79 Å². The van der Waals surface area contributed by atoms with E-state index in [-0.39, 0.29) is 5.92 Å². The maximum Gasteiger partial charge on any atom is 0.149 e. The van der Waals surface area contributed by atoms with Crippen LogP contribution >= 0.6 is 0 Å². The van der Waals surface area contributed by atoms with Crippen molar-refractivity contribution in [2.24, 2.45) is 11.8 Å². The highest BCUT2D eigenvalue weighted by Gasteiger charge is 2.30. The topological polar surface area (TPSA) is 20.3 Å². The number of hydrogen-bond acceptors (Lipinski definition) is 2. The van der Waals surface area contributed by atoms with Gasteiger partial charge in [0.2, 0.25) is 0 Å². The van der Waals surface area contributed by atoms with Crippen molar-refractivity contribution in [1.82, 2.24) is 4.90 Å². The second-order valence-electron chi connectivity index (χ2n) is 5.18. The first-order valence-electron chi connectivity index (χ1n) is 5.77. The minimum absolute atomic E-state index is 0.184. The van der Waals surface area contributed by atoms with E-state index >= 15 is 0 Å². The SMILES string of the molecule is CC(C)CN(CC(=O)C(C)C)C1CC1. The second kappa shape index (κ2) is 4.92. The van der Waals surface area contributed by atoms with Crippen molar-refractivity contribution in [1.29, 1.82) is 0 Å². The Morgan fingerprint density at radius 3 is 2.21 bits per heavy atom. The zero-order chi connectivity index (χ0) is 10.7. The van der Waals surface area contributed by atoms with Gasteiger partial charge in [0.1, 0.15) is 5.78 Å². The summed E-state index contributed by atoms with van der Waals surface area (Å²) in [6.45, 7) is 10.2. The molecule has 0 radical (unpaired) electrons. The number of Topliss-reactive ketones (excluding diaryl/α,β-unsaturated/α-hetero) is 1. The Bertz CT molecular complexity index is 194. The van der Waals surface area contributed by atoms with Gasteiger partial charge in [0, 0.05) is 18.5 Å². The molecule has 2 nitrogen and oxygen atoms in total. The fourth-order valence-electron chi connectivity index (χ4n) is 1.63. The van der Waals surface area contributed by atoms with Gasteiger partial charge in [-0.05, 0) is 18.8 Å². The Balaban J connectivity index is 2.39. The maximum absolute atomic E-state index is 11.6. The highest BCUT2D eigenvalue weighted by Crippen LogP contribution is 2.27. The molecule has 0 spiro atoms. The van der Waals surface area contributed by atoms with Crippen molar-refractivity contribution in [3.63, 3.8) is 0 Å². The van der Waals surface area contributed by atoms with Crippen LogP contribution in [0.15, 0.2) is 0 Å². The molecule has 0 aromatic carbocycles. The van der Waals surface area contributed by atoms with E-state index in [2.05, 4.69) is 18.7 Å². The highest BCUT2D eigenvalue weighted by atomic mass is 16.1. The van der Waals surface area contributed by atoms with E-state index in [4.69, 9.17) is 0 Å². The van der Waals surface area contributed by atoms with E-state index < -0.39 is 0 Å². The Kier molecular flexibility index (Phi) is 4.11. The van der Waals surface area contributed by atoms with Crippen LogP contribution in [-0.2, 0) is 4.79 Å². The summed E-state index contributed by atoms with van der Waals surface area (Å²) in [5, 5.41) is 0. The molecule has 2 heteroatoms. The molecule has 0 aromatic rings. The quantitative estimate of drug-likeness (QED) is 0.651. The van der Waals surface area contributed by atoms with Crippen LogP contribution in [0.2, 0.25) is 0 Å². The highest BCUT2D eigenvalue weighted by molar-refractivity contribution is 5.82. The summed E-state index contributed by atoms with van der Waals surface area (Å²) in [6.07, 6.45) is 2.58. The minimum atomic E-state index is 0.184. The van der Waals surface area contributed by atoms with Crippen LogP contribution in [0.1, 0.15) is 40.5 Å². The van der Waals surface area contributed by atoms with E-state index in [0.29, 0.717) is 24.3 Å². The van der Waals surface area contributed by atoms with Crippen LogP contribution in [0.5, 0.6) is 0 Å². The molecule has 0 heterocycles. The van der Waals surface area contributed by atoms with Gasteiger partial charge in [0.05, 0.1) is 6.54 Å². The average molecular weight is 197 g/mol. The number of hydrogen-bond donors (Lipinski definition) is 0. The van der Waals surface area contributed by atoms with Crippen molar-refractivity contribution >= 4 is 5.78 Å². The summed E-state index contributed by atoms with van der Waals surface area (Å²) in [7, 11) is 0. The molecule has 82 valence electrons. The monoisotopic (exact) mass is 197 g/mol. The molecule has 0 saturated heterocycles.